The maximum Gasteiger partial charge on any atom is 0.0307 e. The van der Waals surface area contributed by atoms with E-state index in [-0.39, 0.29) is 0 Å². The molecule has 0 aliphatic heterocycles. The highest BCUT2D eigenvalue weighted by molar-refractivity contribution is 8.03. The van der Waals surface area contributed by atoms with Crippen LogP contribution in [0.2, 0.25) is 0 Å². The molecule has 0 amide bonds. The van der Waals surface area contributed by atoms with Crippen LogP contribution in [0.15, 0.2) is 22.4 Å². The fourth-order valence-corrected chi connectivity index (χ4v) is 3.05. The Bertz CT molecular complexity index is 296. The third-order valence-electron chi connectivity index (χ3n) is 2.37. The van der Waals surface area contributed by atoms with E-state index in [1.54, 1.807) is 0 Å². The van der Waals surface area contributed by atoms with Gasteiger partial charge in [0, 0.05) is 10.1 Å². The number of thiophene rings is 1. The van der Waals surface area contributed by atoms with Gasteiger partial charge in [-0.25, -0.2) is 0 Å². The Morgan fingerprint density at radius 3 is 2.71 bits per heavy atom. The lowest BCUT2D eigenvalue weighted by Gasteiger charge is -2.10. The smallest absolute Gasteiger partial charge is 0.0307 e. The minimum Gasteiger partial charge on any atom is -0.144 e. The average molecular weight is 226 g/mol. The predicted octanol–water partition coefficient (Wildman–Crippen LogP) is 5.03. The van der Waals surface area contributed by atoms with Crippen molar-refractivity contribution < 1.29 is 0 Å². The van der Waals surface area contributed by atoms with Gasteiger partial charge in [0.2, 0.25) is 0 Å². The summed E-state index contributed by atoms with van der Waals surface area (Å²) in [7, 11) is 0. The Kier molecular flexibility index (Phi) is 4.76. The summed E-state index contributed by atoms with van der Waals surface area (Å²) in [5, 5.41) is 2.87. The molecule has 0 aliphatic carbocycles. The molecular formula is C12H18S2. The molecule has 1 aromatic rings. The van der Waals surface area contributed by atoms with Crippen molar-refractivity contribution in [1.29, 1.82) is 0 Å². The molecule has 0 N–H and O–H groups in total. The van der Waals surface area contributed by atoms with Gasteiger partial charge in [0.25, 0.3) is 0 Å². The van der Waals surface area contributed by atoms with Gasteiger partial charge in [-0.05, 0) is 42.2 Å². The predicted molar refractivity (Wildman–Crippen MR) is 69.9 cm³/mol. The van der Waals surface area contributed by atoms with Gasteiger partial charge in [-0.15, -0.1) is 23.1 Å². The average Bonchev–Trinajstić information content (AvgIpc) is 2.69. The maximum atomic E-state index is 2.29. The summed E-state index contributed by atoms with van der Waals surface area (Å²) in [6.07, 6.45) is 1.24. The Morgan fingerprint density at radius 2 is 2.21 bits per heavy atom. The molecular weight excluding hydrogens is 208 g/mol. The van der Waals surface area contributed by atoms with Gasteiger partial charge in [0.15, 0.2) is 0 Å². The number of hydrogen-bond donors (Lipinski definition) is 0. The summed E-state index contributed by atoms with van der Waals surface area (Å²) >= 11 is 3.82. The standard InChI is InChI=1S/C12H18S2/c1-5-9(2)14-11(4)10(3)12-7-6-8-13-12/h6-9H,5H2,1-4H3/b11-10-. The summed E-state index contributed by atoms with van der Waals surface area (Å²) < 4.78 is 0. The van der Waals surface area contributed by atoms with E-state index in [2.05, 4.69) is 45.2 Å². The molecule has 2 heteroatoms. The van der Waals surface area contributed by atoms with Crippen LogP contribution in [0, 0.1) is 0 Å². The molecule has 14 heavy (non-hydrogen) atoms. The fourth-order valence-electron chi connectivity index (χ4n) is 1.14. The number of allylic oxidation sites excluding steroid dienone is 2. The number of rotatable bonds is 4. The van der Waals surface area contributed by atoms with E-state index in [0.717, 1.165) is 5.25 Å². The Balaban J connectivity index is 2.73. The van der Waals surface area contributed by atoms with Crippen LogP contribution in [0.3, 0.4) is 0 Å². The molecule has 1 heterocycles. The SMILES string of the molecule is CCC(C)S/C(C)=C(/C)c1cccs1. The maximum absolute atomic E-state index is 2.29. The Hall–Kier alpha value is -0.210. The van der Waals surface area contributed by atoms with Crippen molar-refractivity contribution in [3.63, 3.8) is 0 Å². The lowest BCUT2D eigenvalue weighted by Crippen LogP contribution is -1.92. The van der Waals surface area contributed by atoms with Crippen LogP contribution < -0.4 is 0 Å². The van der Waals surface area contributed by atoms with Crippen LogP contribution in [-0.4, -0.2) is 5.25 Å². The zero-order valence-corrected chi connectivity index (χ0v) is 11.0. The highest BCUT2D eigenvalue weighted by Gasteiger charge is 2.05. The largest absolute Gasteiger partial charge is 0.144 e. The topological polar surface area (TPSA) is 0 Å². The zero-order chi connectivity index (χ0) is 10.6. The van der Waals surface area contributed by atoms with Crippen LogP contribution in [0.5, 0.6) is 0 Å². The molecule has 0 fully saturated rings. The van der Waals surface area contributed by atoms with E-state index in [1.807, 2.05) is 23.1 Å². The van der Waals surface area contributed by atoms with Crippen LogP contribution in [0.4, 0.5) is 0 Å². The molecule has 0 saturated heterocycles. The Morgan fingerprint density at radius 1 is 1.50 bits per heavy atom. The first kappa shape index (κ1) is 11.9. The molecule has 1 aromatic heterocycles. The van der Waals surface area contributed by atoms with Gasteiger partial charge in [-0.1, -0.05) is 19.9 Å². The molecule has 0 aromatic carbocycles. The van der Waals surface area contributed by atoms with Crippen molar-refractivity contribution in [1.82, 2.24) is 0 Å². The van der Waals surface area contributed by atoms with Crippen molar-refractivity contribution in [3.05, 3.63) is 27.3 Å². The lowest BCUT2D eigenvalue weighted by molar-refractivity contribution is 0.909. The first-order chi connectivity index (χ1) is 6.65. The summed E-state index contributed by atoms with van der Waals surface area (Å²) in [6.45, 7) is 8.98. The van der Waals surface area contributed by atoms with Gasteiger partial charge in [0.05, 0.1) is 0 Å². The van der Waals surface area contributed by atoms with Crippen molar-refractivity contribution in [2.24, 2.45) is 0 Å². The molecule has 0 nitrogen and oxygen atoms in total. The van der Waals surface area contributed by atoms with Crippen molar-refractivity contribution in [3.8, 4) is 0 Å². The third kappa shape index (κ3) is 3.18. The van der Waals surface area contributed by atoms with E-state index in [1.165, 1.54) is 21.8 Å². The second-order valence-electron chi connectivity index (χ2n) is 3.50. The quantitative estimate of drug-likeness (QED) is 0.694. The normalized spacial score (nSPS) is 15.1. The molecule has 0 saturated carbocycles. The van der Waals surface area contributed by atoms with Gasteiger partial charge in [-0.3, -0.25) is 0 Å². The van der Waals surface area contributed by atoms with Crippen molar-refractivity contribution in [2.75, 3.05) is 0 Å². The van der Waals surface area contributed by atoms with Gasteiger partial charge >= 0.3 is 0 Å². The second kappa shape index (κ2) is 5.62. The number of hydrogen-bond acceptors (Lipinski definition) is 2. The van der Waals surface area contributed by atoms with Gasteiger partial charge in [0.1, 0.15) is 0 Å². The van der Waals surface area contributed by atoms with Gasteiger partial charge < -0.3 is 0 Å². The third-order valence-corrected chi connectivity index (χ3v) is 4.76. The van der Waals surface area contributed by atoms with E-state index in [9.17, 15) is 0 Å². The van der Waals surface area contributed by atoms with Gasteiger partial charge in [-0.2, -0.15) is 0 Å². The monoisotopic (exact) mass is 226 g/mol. The minimum atomic E-state index is 0.727. The second-order valence-corrected chi connectivity index (χ2v) is 6.10. The molecule has 0 radical (unpaired) electrons. The summed E-state index contributed by atoms with van der Waals surface area (Å²) in [5.41, 5.74) is 1.44. The Labute approximate surface area is 95.4 Å². The lowest BCUT2D eigenvalue weighted by atomic mass is 10.2. The highest BCUT2D eigenvalue weighted by atomic mass is 32.2. The molecule has 1 rings (SSSR count). The fraction of sp³-hybridized carbons (Fsp3) is 0.500. The van der Waals surface area contributed by atoms with Crippen LogP contribution >= 0.6 is 23.1 Å². The van der Waals surface area contributed by atoms with E-state index in [4.69, 9.17) is 0 Å². The zero-order valence-electron chi connectivity index (χ0n) is 9.33. The molecule has 1 atom stereocenters. The van der Waals surface area contributed by atoms with Crippen LogP contribution in [0.25, 0.3) is 5.57 Å². The summed E-state index contributed by atoms with van der Waals surface area (Å²) in [6, 6.07) is 4.31. The first-order valence-corrected chi connectivity index (χ1v) is 6.79. The van der Waals surface area contributed by atoms with E-state index < -0.39 is 0 Å². The highest BCUT2D eigenvalue weighted by Crippen LogP contribution is 2.32. The molecule has 0 aliphatic rings. The summed E-state index contributed by atoms with van der Waals surface area (Å²) in [5.74, 6) is 0. The molecule has 78 valence electrons. The van der Waals surface area contributed by atoms with E-state index in [0.29, 0.717) is 0 Å². The van der Waals surface area contributed by atoms with Crippen LogP contribution in [0.1, 0.15) is 39.0 Å². The minimum absolute atomic E-state index is 0.727. The van der Waals surface area contributed by atoms with Crippen LogP contribution in [-0.2, 0) is 0 Å². The molecule has 0 spiro atoms. The summed E-state index contributed by atoms with van der Waals surface area (Å²) in [4.78, 5) is 2.86. The van der Waals surface area contributed by atoms with Crippen molar-refractivity contribution in [2.45, 2.75) is 39.4 Å². The molecule has 0 bridgehead atoms. The van der Waals surface area contributed by atoms with Crippen molar-refractivity contribution >= 4 is 28.7 Å². The molecule has 1 unspecified atom stereocenters. The van der Waals surface area contributed by atoms with E-state index >= 15 is 0 Å². The number of thioether (sulfide) groups is 1. The first-order valence-electron chi connectivity index (χ1n) is 5.03.